The SMILES string of the molecule is CO[SH](NC(C)=O)c1c[nH]c2ccccc12. The number of fused-ring (bicyclic) bond motifs is 1. The Kier molecular flexibility index (Phi) is 3.17. The number of amides is 1. The molecule has 2 N–H and O–H groups in total. The summed E-state index contributed by atoms with van der Waals surface area (Å²) >= 11 is -1.09. The summed E-state index contributed by atoms with van der Waals surface area (Å²) in [5, 5.41) is 1.09. The standard InChI is InChI=1S/C11H14N2O2S/c1-8(14)13-16(15-2)11-7-12-10-6-4-3-5-9(10)11/h3-7,12,16H,1-2H3,(H,13,14). The van der Waals surface area contributed by atoms with Crippen molar-refractivity contribution in [3.8, 4) is 0 Å². The van der Waals surface area contributed by atoms with E-state index in [9.17, 15) is 4.79 Å². The zero-order valence-corrected chi connectivity index (χ0v) is 10.0. The number of nitrogens with one attached hydrogen (secondary N) is 2. The van der Waals surface area contributed by atoms with Crippen molar-refractivity contribution in [2.75, 3.05) is 7.11 Å². The Balaban J connectivity index is 2.41. The molecule has 2 aromatic rings. The first-order valence-electron chi connectivity index (χ1n) is 4.90. The van der Waals surface area contributed by atoms with Crippen LogP contribution in [0.4, 0.5) is 0 Å². The van der Waals surface area contributed by atoms with Gasteiger partial charge in [0.05, 0.1) is 12.0 Å². The van der Waals surface area contributed by atoms with Gasteiger partial charge < -0.3 is 9.17 Å². The van der Waals surface area contributed by atoms with Gasteiger partial charge in [0, 0.05) is 24.0 Å². The van der Waals surface area contributed by atoms with E-state index in [-0.39, 0.29) is 5.91 Å². The molecule has 1 aromatic carbocycles. The van der Waals surface area contributed by atoms with E-state index in [0.717, 1.165) is 15.8 Å². The van der Waals surface area contributed by atoms with Gasteiger partial charge in [0.15, 0.2) is 0 Å². The van der Waals surface area contributed by atoms with Crippen LogP contribution in [0.2, 0.25) is 0 Å². The van der Waals surface area contributed by atoms with Crippen molar-refractivity contribution in [1.82, 2.24) is 9.71 Å². The molecule has 1 atom stereocenters. The van der Waals surface area contributed by atoms with Crippen molar-refractivity contribution >= 4 is 28.2 Å². The van der Waals surface area contributed by atoms with Crippen LogP contribution < -0.4 is 4.72 Å². The summed E-state index contributed by atoms with van der Waals surface area (Å²) in [5.74, 6) is -0.0850. The smallest absolute Gasteiger partial charge is 0.227 e. The van der Waals surface area contributed by atoms with Crippen LogP contribution in [0.15, 0.2) is 35.4 Å². The van der Waals surface area contributed by atoms with Crippen molar-refractivity contribution in [2.45, 2.75) is 11.8 Å². The minimum atomic E-state index is -1.09. The molecule has 0 aliphatic carbocycles. The van der Waals surface area contributed by atoms with E-state index < -0.39 is 11.4 Å². The van der Waals surface area contributed by atoms with Gasteiger partial charge in [-0.15, -0.1) is 0 Å². The monoisotopic (exact) mass is 238 g/mol. The molecule has 16 heavy (non-hydrogen) atoms. The highest BCUT2D eigenvalue weighted by Crippen LogP contribution is 2.37. The fraction of sp³-hybridized carbons (Fsp3) is 0.182. The normalized spacial score (nSPS) is 13.8. The van der Waals surface area contributed by atoms with Gasteiger partial charge in [0.25, 0.3) is 0 Å². The molecule has 1 aromatic heterocycles. The fourth-order valence-electron chi connectivity index (χ4n) is 1.57. The summed E-state index contributed by atoms with van der Waals surface area (Å²) < 4.78 is 8.13. The second kappa shape index (κ2) is 4.59. The Hall–Kier alpha value is -1.46. The van der Waals surface area contributed by atoms with Crippen LogP contribution in [0.3, 0.4) is 0 Å². The first-order valence-corrected chi connectivity index (χ1v) is 6.16. The lowest BCUT2D eigenvalue weighted by Gasteiger charge is -2.19. The zero-order valence-electron chi connectivity index (χ0n) is 9.15. The third kappa shape index (κ3) is 2.05. The van der Waals surface area contributed by atoms with Crippen molar-refractivity contribution in [2.24, 2.45) is 0 Å². The largest absolute Gasteiger partial charge is 0.360 e. The maximum Gasteiger partial charge on any atom is 0.227 e. The van der Waals surface area contributed by atoms with Crippen LogP contribution in [0.1, 0.15) is 6.92 Å². The number of H-pyrrole nitrogens is 1. The average molecular weight is 238 g/mol. The van der Waals surface area contributed by atoms with Gasteiger partial charge >= 0.3 is 0 Å². The predicted octanol–water partition coefficient (Wildman–Crippen LogP) is 2.14. The summed E-state index contributed by atoms with van der Waals surface area (Å²) in [6, 6.07) is 7.94. The lowest BCUT2D eigenvalue weighted by Crippen LogP contribution is -2.17. The van der Waals surface area contributed by atoms with Crippen LogP contribution in [-0.4, -0.2) is 18.0 Å². The molecule has 0 spiro atoms. The van der Waals surface area contributed by atoms with Crippen molar-refractivity contribution in [1.29, 1.82) is 0 Å². The molecule has 0 aliphatic heterocycles. The molecule has 4 nitrogen and oxygen atoms in total. The first kappa shape index (κ1) is 11.0. The highest BCUT2D eigenvalue weighted by Gasteiger charge is 2.11. The van der Waals surface area contributed by atoms with E-state index in [2.05, 4.69) is 9.71 Å². The van der Waals surface area contributed by atoms with Crippen molar-refractivity contribution in [3.05, 3.63) is 30.5 Å². The summed E-state index contributed by atoms with van der Waals surface area (Å²) in [4.78, 5) is 15.2. The van der Waals surface area contributed by atoms with Crippen LogP contribution in [0.5, 0.6) is 0 Å². The number of aromatic amines is 1. The molecule has 0 saturated heterocycles. The molecule has 0 saturated carbocycles. The number of carbonyl (C=O) groups excluding carboxylic acids is 1. The van der Waals surface area contributed by atoms with Crippen LogP contribution in [0, 0.1) is 0 Å². The van der Waals surface area contributed by atoms with Gasteiger partial charge in [0.2, 0.25) is 5.91 Å². The third-order valence-corrected chi connectivity index (χ3v) is 3.92. The van der Waals surface area contributed by atoms with Gasteiger partial charge in [-0.2, -0.15) is 0 Å². The Morgan fingerprint density at radius 3 is 2.88 bits per heavy atom. The molecule has 0 radical (unpaired) electrons. The van der Waals surface area contributed by atoms with E-state index in [1.807, 2.05) is 30.5 Å². The molecule has 1 unspecified atom stereocenters. The summed E-state index contributed by atoms with van der Waals surface area (Å²) in [6.07, 6.45) is 1.88. The number of thiol groups is 1. The highest BCUT2D eigenvalue weighted by atomic mass is 32.2. The van der Waals surface area contributed by atoms with Gasteiger partial charge in [-0.3, -0.25) is 9.52 Å². The molecular weight excluding hydrogens is 224 g/mol. The van der Waals surface area contributed by atoms with E-state index in [1.165, 1.54) is 6.92 Å². The zero-order chi connectivity index (χ0) is 11.5. The second-order valence-corrected chi connectivity index (χ2v) is 5.02. The number of para-hydroxylation sites is 1. The molecule has 0 bridgehead atoms. The first-order chi connectivity index (χ1) is 7.72. The lowest BCUT2D eigenvalue weighted by atomic mass is 10.2. The molecule has 0 aliphatic rings. The highest BCUT2D eigenvalue weighted by molar-refractivity contribution is 8.11. The fourth-order valence-corrected chi connectivity index (χ4v) is 2.86. The third-order valence-electron chi connectivity index (χ3n) is 2.23. The van der Waals surface area contributed by atoms with Crippen molar-refractivity contribution in [3.63, 3.8) is 0 Å². The van der Waals surface area contributed by atoms with Crippen molar-refractivity contribution < 1.29 is 8.98 Å². The van der Waals surface area contributed by atoms with Gasteiger partial charge in [0.1, 0.15) is 0 Å². The number of aromatic nitrogens is 1. The van der Waals surface area contributed by atoms with Gasteiger partial charge in [-0.1, -0.05) is 18.2 Å². The summed E-state index contributed by atoms with van der Waals surface area (Å²) in [6.45, 7) is 1.49. The average Bonchev–Trinajstić information content (AvgIpc) is 2.69. The summed E-state index contributed by atoms with van der Waals surface area (Å²) in [5.41, 5.74) is 1.05. The molecule has 86 valence electrons. The molecule has 0 fully saturated rings. The topological polar surface area (TPSA) is 54.1 Å². The lowest BCUT2D eigenvalue weighted by molar-refractivity contribution is -0.117. The minimum Gasteiger partial charge on any atom is -0.360 e. The Morgan fingerprint density at radius 1 is 1.44 bits per heavy atom. The quantitative estimate of drug-likeness (QED) is 0.718. The Bertz CT molecular complexity index is 509. The van der Waals surface area contributed by atoms with E-state index in [4.69, 9.17) is 4.18 Å². The van der Waals surface area contributed by atoms with E-state index in [0.29, 0.717) is 0 Å². The number of hydrogen-bond donors (Lipinski definition) is 3. The van der Waals surface area contributed by atoms with Crippen LogP contribution in [0.25, 0.3) is 10.9 Å². The number of hydrogen-bond acceptors (Lipinski definition) is 2. The molecule has 5 heteroatoms. The second-order valence-electron chi connectivity index (χ2n) is 3.36. The predicted molar refractivity (Wildman–Crippen MR) is 66.4 cm³/mol. The Labute approximate surface area is 96.7 Å². The maximum absolute atomic E-state index is 11.1. The summed E-state index contributed by atoms with van der Waals surface area (Å²) in [7, 11) is 1.60. The van der Waals surface area contributed by atoms with Crippen LogP contribution >= 0.6 is 11.4 Å². The number of carbonyl (C=O) groups is 1. The number of benzene rings is 1. The molecule has 1 amide bonds. The molecule has 2 rings (SSSR count). The Morgan fingerprint density at radius 2 is 2.19 bits per heavy atom. The van der Waals surface area contributed by atoms with Crippen LogP contribution in [-0.2, 0) is 8.98 Å². The van der Waals surface area contributed by atoms with Gasteiger partial charge in [-0.25, -0.2) is 0 Å². The van der Waals surface area contributed by atoms with E-state index in [1.54, 1.807) is 7.11 Å². The maximum atomic E-state index is 11.1. The van der Waals surface area contributed by atoms with E-state index >= 15 is 0 Å². The number of rotatable bonds is 3. The molecule has 1 heterocycles. The minimum absolute atomic E-state index is 0.0850. The van der Waals surface area contributed by atoms with Gasteiger partial charge in [-0.05, 0) is 17.4 Å². The molecular formula is C11H14N2O2S.